The van der Waals surface area contributed by atoms with E-state index in [4.69, 9.17) is 14.2 Å². The van der Waals surface area contributed by atoms with Crippen LogP contribution in [0.15, 0.2) is 24.3 Å². The van der Waals surface area contributed by atoms with E-state index in [1.807, 2.05) is 31.2 Å². The number of nitrogens with one attached hydrogen (secondary N) is 1. The Morgan fingerprint density at radius 2 is 1.70 bits per heavy atom. The summed E-state index contributed by atoms with van der Waals surface area (Å²) >= 11 is 0. The van der Waals surface area contributed by atoms with Gasteiger partial charge in [-0.2, -0.15) is 0 Å². The summed E-state index contributed by atoms with van der Waals surface area (Å²) in [6.07, 6.45) is -0.324. The van der Waals surface area contributed by atoms with Gasteiger partial charge in [0.2, 0.25) is 0 Å². The summed E-state index contributed by atoms with van der Waals surface area (Å²) in [5, 5.41) is 2.90. The fourth-order valence-electron chi connectivity index (χ4n) is 2.70. The molecule has 1 aliphatic heterocycles. The van der Waals surface area contributed by atoms with Crippen LogP contribution in [0.25, 0.3) is 0 Å². The van der Waals surface area contributed by atoms with Crippen LogP contribution in [0.4, 0.5) is 15.3 Å². The van der Waals surface area contributed by atoms with E-state index in [1.54, 1.807) is 16.7 Å². The van der Waals surface area contributed by atoms with Crippen molar-refractivity contribution in [3.05, 3.63) is 29.8 Å². The number of ether oxygens (including phenoxy) is 3. The Morgan fingerprint density at radius 3 is 2.41 bits per heavy atom. The lowest BCUT2D eigenvalue weighted by Gasteiger charge is -2.34. The third kappa shape index (κ3) is 7.07. The van der Waals surface area contributed by atoms with Crippen LogP contribution < -0.4 is 5.32 Å². The van der Waals surface area contributed by atoms with Gasteiger partial charge in [-0.05, 0) is 31.5 Å². The highest BCUT2D eigenvalue weighted by Gasteiger charge is 2.24. The Morgan fingerprint density at radius 1 is 1.00 bits per heavy atom. The zero-order valence-corrected chi connectivity index (χ0v) is 16.1. The number of nitrogens with zero attached hydrogens (tertiary/aromatic N) is 2. The molecule has 8 heteroatoms. The smallest absolute Gasteiger partial charge is 0.409 e. The third-order valence-corrected chi connectivity index (χ3v) is 4.12. The molecule has 0 unspecified atom stereocenters. The lowest BCUT2D eigenvalue weighted by atomic mass is 10.2. The van der Waals surface area contributed by atoms with Crippen LogP contribution in [0.3, 0.4) is 0 Å². The second-order valence-electron chi connectivity index (χ2n) is 6.05. The largest absolute Gasteiger partial charge is 0.450 e. The van der Waals surface area contributed by atoms with Crippen molar-refractivity contribution in [1.82, 2.24) is 9.80 Å². The number of piperazine rings is 1. The SMILES string of the molecule is CCOCCOCc1cccc(NC(=O)N2CCN(C(=O)OCC)CC2)c1. The Kier molecular flexibility index (Phi) is 8.86. The van der Waals surface area contributed by atoms with Gasteiger partial charge in [0.25, 0.3) is 0 Å². The number of rotatable bonds is 8. The van der Waals surface area contributed by atoms with Gasteiger partial charge in [-0.25, -0.2) is 9.59 Å². The molecule has 1 N–H and O–H groups in total. The van der Waals surface area contributed by atoms with Crippen LogP contribution in [0, 0.1) is 0 Å². The van der Waals surface area contributed by atoms with Crippen LogP contribution in [-0.4, -0.2) is 74.5 Å². The Hall–Kier alpha value is -2.32. The maximum atomic E-state index is 12.4. The molecule has 27 heavy (non-hydrogen) atoms. The fourth-order valence-corrected chi connectivity index (χ4v) is 2.70. The van der Waals surface area contributed by atoms with Crippen LogP contribution >= 0.6 is 0 Å². The number of urea groups is 1. The van der Waals surface area contributed by atoms with Crippen molar-refractivity contribution in [3.63, 3.8) is 0 Å². The molecule has 1 aliphatic rings. The van der Waals surface area contributed by atoms with Crippen LogP contribution in [0.5, 0.6) is 0 Å². The van der Waals surface area contributed by atoms with E-state index < -0.39 is 0 Å². The molecule has 0 saturated carbocycles. The standard InChI is InChI=1S/C19H29N3O5/c1-3-25-12-13-26-15-16-6-5-7-17(14-16)20-18(23)21-8-10-22(11-9-21)19(24)27-4-2/h5-7,14H,3-4,8-13,15H2,1-2H3,(H,20,23). The van der Waals surface area contributed by atoms with Crippen LogP contribution in [0.1, 0.15) is 19.4 Å². The maximum Gasteiger partial charge on any atom is 0.409 e. The zero-order chi connectivity index (χ0) is 19.5. The van der Waals surface area contributed by atoms with Crippen molar-refractivity contribution in [1.29, 1.82) is 0 Å². The summed E-state index contributed by atoms with van der Waals surface area (Å²) in [7, 11) is 0. The highest BCUT2D eigenvalue weighted by molar-refractivity contribution is 5.89. The predicted octanol–water partition coefficient (Wildman–Crippen LogP) is 2.55. The summed E-state index contributed by atoms with van der Waals surface area (Å²) in [6.45, 7) is 8.23. The van der Waals surface area contributed by atoms with Gasteiger partial charge in [-0.3, -0.25) is 0 Å². The molecule has 1 heterocycles. The minimum Gasteiger partial charge on any atom is -0.450 e. The van der Waals surface area contributed by atoms with E-state index in [-0.39, 0.29) is 12.1 Å². The summed E-state index contributed by atoms with van der Waals surface area (Å²) in [6, 6.07) is 7.40. The van der Waals surface area contributed by atoms with Gasteiger partial charge in [-0.1, -0.05) is 12.1 Å². The van der Waals surface area contributed by atoms with Gasteiger partial charge in [0, 0.05) is 38.5 Å². The van der Waals surface area contributed by atoms with Crippen molar-refractivity contribution in [3.8, 4) is 0 Å². The van der Waals surface area contributed by atoms with Gasteiger partial charge >= 0.3 is 12.1 Å². The number of anilines is 1. The molecule has 0 aromatic heterocycles. The van der Waals surface area contributed by atoms with Gasteiger partial charge in [0.15, 0.2) is 0 Å². The Labute approximate surface area is 160 Å². The van der Waals surface area contributed by atoms with Crippen molar-refractivity contribution in [2.24, 2.45) is 0 Å². The quantitative estimate of drug-likeness (QED) is 0.702. The minimum atomic E-state index is -0.324. The van der Waals surface area contributed by atoms with Crippen molar-refractivity contribution < 1.29 is 23.8 Å². The van der Waals surface area contributed by atoms with Crippen LogP contribution in [-0.2, 0) is 20.8 Å². The summed E-state index contributed by atoms with van der Waals surface area (Å²) in [5.74, 6) is 0. The van der Waals surface area contributed by atoms with Crippen molar-refractivity contribution in [2.75, 3.05) is 57.9 Å². The first-order chi connectivity index (χ1) is 13.1. The second kappa shape index (κ2) is 11.4. The molecule has 1 fully saturated rings. The molecule has 0 spiro atoms. The van der Waals surface area contributed by atoms with E-state index in [0.717, 1.165) is 11.3 Å². The van der Waals surface area contributed by atoms with Crippen molar-refractivity contribution >= 4 is 17.8 Å². The zero-order valence-electron chi connectivity index (χ0n) is 16.1. The normalized spacial score (nSPS) is 14.1. The molecule has 0 radical (unpaired) electrons. The first-order valence-electron chi connectivity index (χ1n) is 9.36. The lowest BCUT2D eigenvalue weighted by Crippen LogP contribution is -2.51. The number of hydrogen-bond donors (Lipinski definition) is 1. The second-order valence-corrected chi connectivity index (χ2v) is 6.05. The highest BCUT2D eigenvalue weighted by Crippen LogP contribution is 2.13. The maximum absolute atomic E-state index is 12.4. The summed E-state index contributed by atoms with van der Waals surface area (Å²) < 4.78 is 15.8. The van der Waals surface area contributed by atoms with Gasteiger partial charge in [0.1, 0.15) is 0 Å². The number of amides is 3. The summed E-state index contributed by atoms with van der Waals surface area (Å²) in [5.41, 5.74) is 1.70. The molecule has 0 atom stereocenters. The first kappa shape index (κ1) is 21.0. The van der Waals surface area contributed by atoms with E-state index in [2.05, 4.69) is 5.32 Å². The van der Waals surface area contributed by atoms with E-state index >= 15 is 0 Å². The molecule has 0 aliphatic carbocycles. The Balaban J connectivity index is 1.77. The number of hydrogen-bond acceptors (Lipinski definition) is 5. The average Bonchev–Trinajstić information content (AvgIpc) is 2.68. The first-order valence-corrected chi connectivity index (χ1v) is 9.36. The topological polar surface area (TPSA) is 80.3 Å². The molecule has 2 rings (SSSR count). The van der Waals surface area contributed by atoms with Gasteiger partial charge in [-0.15, -0.1) is 0 Å². The fraction of sp³-hybridized carbons (Fsp3) is 0.579. The number of carbonyl (C=O) groups is 2. The molecule has 3 amide bonds. The molecule has 150 valence electrons. The summed E-state index contributed by atoms with van der Waals surface area (Å²) in [4.78, 5) is 27.5. The predicted molar refractivity (Wildman–Crippen MR) is 102 cm³/mol. The van der Waals surface area contributed by atoms with E-state index in [0.29, 0.717) is 59.2 Å². The molecule has 0 bridgehead atoms. The van der Waals surface area contributed by atoms with E-state index in [9.17, 15) is 9.59 Å². The highest BCUT2D eigenvalue weighted by atomic mass is 16.6. The number of benzene rings is 1. The number of carbonyl (C=O) groups excluding carboxylic acids is 2. The molecular weight excluding hydrogens is 350 g/mol. The third-order valence-electron chi connectivity index (χ3n) is 4.12. The molecule has 1 aromatic carbocycles. The lowest BCUT2D eigenvalue weighted by molar-refractivity contribution is 0.0453. The molecular formula is C19H29N3O5. The monoisotopic (exact) mass is 379 g/mol. The average molecular weight is 379 g/mol. The minimum absolute atomic E-state index is 0.173. The van der Waals surface area contributed by atoms with Gasteiger partial charge < -0.3 is 29.3 Å². The van der Waals surface area contributed by atoms with Crippen molar-refractivity contribution in [2.45, 2.75) is 20.5 Å². The van der Waals surface area contributed by atoms with Crippen LogP contribution in [0.2, 0.25) is 0 Å². The van der Waals surface area contributed by atoms with Gasteiger partial charge in [0.05, 0.1) is 26.4 Å². The molecule has 1 aromatic rings. The molecule has 1 saturated heterocycles. The van der Waals surface area contributed by atoms with E-state index in [1.165, 1.54) is 0 Å². The molecule has 8 nitrogen and oxygen atoms in total. The Bertz CT molecular complexity index is 603.